The van der Waals surface area contributed by atoms with Crippen LogP contribution in [0.25, 0.3) is 6.08 Å². The lowest BCUT2D eigenvalue weighted by atomic mass is 10.3. The van der Waals surface area contributed by atoms with Crippen LogP contribution in [0.1, 0.15) is 4.88 Å². The van der Waals surface area contributed by atoms with Gasteiger partial charge in [0.1, 0.15) is 5.75 Å². The van der Waals surface area contributed by atoms with E-state index in [9.17, 15) is 13.2 Å². The van der Waals surface area contributed by atoms with Crippen molar-refractivity contribution in [1.29, 1.82) is 0 Å². The summed E-state index contributed by atoms with van der Waals surface area (Å²) in [5.74, 6) is 0.0455. The molecule has 150 valence electrons. The minimum Gasteiger partial charge on any atom is -0.495 e. The van der Waals surface area contributed by atoms with Crippen LogP contribution in [0.4, 0.5) is 5.69 Å². The highest BCUT2D eigenvalue weighted by Crippen LogP contribution is 2.29. The van der Waals surface area contributed by atoms with Crippen LogP contribution in [0.2, 0.25) is 0 Å². The van der Waals surface area contributed by atoms with Crippen LogP contribution in [0.3, 0.4) is 0 Å². The summed E-state index contributed by atoms with van der Waals surface area (Å²) in [4.78, 5) is 14.7. The summed E-state index contributed by atoms with van der Waals surface area (Å²) in [5, 5.41) is 4.64. The first-order valence-corrected chi connectivity index (χ1v) is 11.2. The third kappa shape index (κ3) is 4.79. The van der Waals surface area contributed by atoms with Crippen LogP contribution in [-0.2, 0) is 14.8 Å². The number of anilines is 1. The van der Waals surface area contributed by atoms with E-state index in [0.29, 0.717) is 24.5 Å². The van der Waals surface area contributed by atoms with Gasteiger partial charge < -0.3 is 15.0 Å². The van der Waals surface area contributed by atoms with Crippen LogP contribution < -0.4 is 15.0 Å². The van der Waals surface area contributed by atoms with E-state index in [1.54, 1.807) is 12.1 Å². The van der Waals surface area contributed by atoms with Crippen molar-refractivity contribution in [1.82, 2.24) is 4.31 Å². The van der Waals surface area contributed by atoms with Gasteiger partial charge in [0.2, 0.25) is 15.9 Å². The first kappa shape index (κ1) is 20.5. The third-order valence-corrected chi connectivity index (χ3v) is 7.32. The number of thiophene rings is 1. The van der Waals surface area contributed by atoms with Gasteiger partial charge in [0.05, 0.1) is 50.9 Å². The Morgan fingerprint density at radius 2 is 2.04 bits per heavy atom. The van der Waals surface area contributed by atoms with Crippen molar-refractivity contribution >= 4 is 39.0 Å². The van der Waals surface area contributed by atoms with Gasteiger partial charge in [-0.15, -0.1) is 11.3 Å². The molecule has 2 aromatic rings. The molecule has 3 rings (SSSR count). The number of rotatable bonds is 6. The number of carbonyl (C=O) groups is 1. The van der Waals surface area contributed by atoms with Crippen LogP contribution >= 0.6 is 11.3 Å². The van der Waals surface area contributed by atoms with Gasteiger partial charge in [-0.3, -0.25) is 4.79 Å². The highest BCUT2D eigenvalue weighted by Gasteiger charge is 2.29. The average molecular weight is 423 g/mol. The highest BCUT2D eigenvalue weighted by molar-refractivity contribution is 7.89. The van der Waals surface area contributed by atoms with Crippen molar-refractivity contribution < 1.29 is 22.8 Å². The van der Waals surface area contributed by atoms with Crippen molar-refractivity contribution in [3.8, 4) is 5.75 Å². The zero-order valence-corrected chi connectivity index (χ0v) is 17.5. The number of carbonyl (C=O) groups excluding carboxylic acids is 1. The Kier molecular flexibility index (Phi) is 6.50. The normalized spacial score (nSPS) is 16.4. The Labute approximate surface area is 169 Å². The molecule has 2 N–H and O–H groups in total. The molecule has 1 fully saturated rings. The number of nitrogens with zero attached hydrogens (tertiary/aromatic N) is 1. The smallest absolute Gasteiger partial charge is 0.248 e. The molecular weight excluding hydrogens is 398 g/mol. The molecule has 1 aromatic heterocycles. The monoisotopic (exact) mass is 422 g/mol. The summed E-state index contributed by atoms with van der Waals surface area (Å²) in [7, 11) is -0.0933. The zero-order chi connectivity index (χ0) is 20.1. The number of ether oxygens (including phenoxy) is 1. The molecule has 1 aliphatic heterocycles. The Bertz CT molecular complexity index is 948. The standard InChI is InChI=1S/C19H23N3O4S2/c1-21-9-11-22(12-10-21)28(24,25)16-6-7-18(26-2)17(14-16)20-19(23)8-5-15-4-3-13-27-15/h3-8,13-14H,9-12H2,1-2H3,(H,20,23)/p+1/b8-5+. The maximum atomic E-state index is 13.0. The molecule has 1 amide bonds. The van der Waals surface area contributed by atoms with Crippen molar-refractivity contribution in [2.24, 2.45) is 0 Å². The molecule has 9 heteroatoms. The van der Waals surface area contributed by atoms with Crippen molar-refractivity contribution in [3.63, 3.8) is 0 Å². The van der Waals surface area contributed by atoms with E-state index in [-0.39, 0.29) is 10.8 Å². The zero-order valence-electron chi connectivity index (χ0n) is 15.8. The largest absolute Gasteiger partial charge is 0.495 e. The number of hydrogen-bond donors (Lipinski definition) is 2. The van der Waals surface area contributed by atoms with Crippen LogP contribution in [0.5, 0.6) is 5.75 Å². The molecule has 0 saturated carbocycles. The highest BCUT2D eigenvalue weighted by atomic mass is 32.2. The second kappa shape index (κ2) is 8.87. The molecule has 7 nitrogen and oxygen atoms in total. The van der Waals surface area contributed by atoms with E-state index in [1.165, 1.54) is 45.9 Å². The predicted molar refractivity (Wildman–Crippen MR) is 110 cm³/mol. The summed E-state index contributed by atoms with van der Waals surface area (Å²) in [6.07, 6.45) is 3.12. The fraction of sp³-hybridized carbons (Fsp3) is 0.316. The molecule has 0 radical (unpaired) electrons. The number of benzene rings is 1. The Morgan fingerprint density at radius 1 is 1.29 bits per heavy atom. The van der Waals surface area contributed by atoms with Crippen LogP contribution in [0.15, 0.2) is 46.7 Å². The number of hydrogen-bond acceptors (Lipinski definition) is 5. The molecular formula is C19H24N3O4S2+. The van der Waals surface area contributed by atoms with Crippen LogP contribution in [0, 0.1) is 0 Å². The van der Waals surface area contributed by atoms with E-state index >= 15 is 0 Å². The molecule has 0 spiro atoms. The number of amides is 1. The Hall–Kier alpha value is -2.20. The number of nitrogens with one attached hydrogen (secondary N) is 2. The van der Waals surface area contributed by atoms with Gasteiger partial charge in [-0.05, 0) is 35.7 Å². The molecule has 0 unspecified atom stereocenters. The lowest BCUT2D eigenvalue weighted by Gasteiger charge is -2.29. The number of methoxy groups -OCH3 is 1. The van der Waals surface area contributed by atoms with Gasteiger partial charge in [-0.1, -0.05) is 6.07 Å². The molecule has 0 bridgehead atoms. The van der Waals surface area contributed by atoms with E-state index < -0.39 is 10.0 Å². The van der Waals surface area contributed by atoms with Gasteiger partial charge in [0.25, 0.3) is 0 Å². The summed E-state index contributed by atoms with van der Waals surface area (Å²) < 4.78 is 32.7. The molecule has 1 aliphatic rings. The Morgan fingerprint density at radius 3 is 2.68 bits per heavy atom. The van der Waals surface area contributed by atoms with E-state index in [2.05, 4.69) is 12.4 Å². The summed E-state index contributed by atoms with van der Waals surface area (Å²) >= 11 is 1.52. The van der Waals surface area contributed by atoms with E-state index in [1.807, 2.05) is 17.5 Å². The molecule has 0 atom stereocenters. The summed E-state index contributed by atoms with van der Waals surface area (Å²) in [6.45, 7) is 2.50. The third-order valence-electron chi connectivity index (χ3n) is 4.58. The number of likely N-dealkylation sites (N-methyl/N-ethyl adjacent to an activating group) is 1. The number of piperazine rings is 1. The summed E-state index contributed by atoms with van der Waals surface area (Å²) in [6, 6.07) is 8.33. The molecule has 1 aromatic carbocycles. The van der Waals surface area contributed by atoms with Gasteiger partial charge in [0, 0.05) is 11.0 Å². The second-order valence-electron chi connectivity index (χ2n) is 6.56. The second-order valence-corrected chi connectivity index (χ2v) is 9.48. The quantitative estimate of drug-likeness (QED) is 0.679. The number of quaternary nitrogens is 1. The lowest BCUT2D eigenvalue weighted by molar-refractivity contribution is -0.883. The molecule has 2 heterocycles. The lowest BCUT2D eigenvalue weighted by Crippen LogP contribution is -3.12. The van der Waals surface area contributed by atoms with Gasteiger partial charge >= 0.3 is 0 Å². The van der Waals surface area contributed by atoms with E-state index in [4.69, 9.17) is 4.74 Å². The maximum Gasteiger partial charge on any atom is 0.248 e. The van der Waals surface area contributed by atoms with Crippen molar-refractivity contribution in [2.45, 2.75) is 4.90 Å². The Balaban J connectivity index is 1.80. The molecule has 0 aliphatic carbocycles. The fourth-order valence-electron chi connectivity index (χ4n) is 2.92. The first-order chi connectivity index (χ1) is 13.4. The maximum absolute atomic E-state index is 13.0. The van der Waals surface area contributed by atoms with Gasteiger partial charge in [-0.2, -0.15) is 4.31 Å². The summed E-state index contributed by atoms with van der Waals surface area (Å²) in [5.41, 5.74) is 0.323. The minimum atomic E-state index is -3.62. The van der Waals surface area contributed by atoms with Gasteiger partial charge in [0.15, 0.2) is 0 Å². The molecule has 1 saturated heterocycles. The van der Waals surface area contributed by atoms with Crippen molar-refractivity contribution in [3.05, 3.63) is 46.7 Å². The average Bonchev–Trinajstić information content (AvgIpc) is 3.20. The fourth-order valence-corrected chi connectivity index (χ4v) is 5.01. The molecule has 28 heavy (non-hydrogen) atoms. The SMILES string of the molecule is COc1ccc(S(=O)(=O)N2CC[NH+](C)CC2)cc1NC(=O)/C=C/c1cccs1. The van der Waals surface area contributed by atoms with E-state index in [0.717, 1.165) is 18.0 Å². The van der Waals surface area contributed by atoms with Crippen molar-refractivity contribution in [2.75, 3.05) is 45.7 Å². The predicted octanol–water partition coefficient (Wildman–Crippen LogP) is 0.928. The minimum absolute atomic E-state index is 0.144. The topological polar surface area (TPSA) is 80.2 Å². The number of sulfonamides is 1. The first-order valence-electron chi connectivity index (χ1n) is 8.92. The van der Waals surface area contributed by atoms with Gasteiger partial charge in [-0.25, -0.2) is 8.42 Å². The van der Waals surface area contributed by atoms with Crippen LogP contribution in [-0.4, -0.2) is 59.0 Å².